The van der Waals surface area contributed by atoms with Gasteiger partial charge in [0, 0.05) is 0 Å². The van der Waals surface area contributed by atoms with Gasteiger partial charge in [0.05, 0.1) is 18.8 Å². The van der Waals surface area contributed by atoms with Crippen LogP contribution in [0.3, 0.4) is 0 Å². The summed E-state index contributed by atoms with van der Waals surface area (Å²) in [6, 6.07) is -0.785. The number of allylic oxidation sites excluding steroid dienone is 1. The Bertz CT molecular complexity index is 373. The van der Waals surface area contributed by atoms with Gasteiger partial charge in [-0.25, -0.2) is 0 Å². The van der Waals surface area contributed by atoms with E-state index in [9.17, 15) is 20.1 Å². The first-order valence-corrected chi connectivity index (χ1v) is 11.0. The fourth-order valence-corrected chi connectivity index (χ4v) is 3.00. The van der Waals surface area contributed by atoms with Gasteiger partial charge in [0.25, 0.3) is 0 Å². The zero-order valence-corrected chi connectivity index (χ0v) is 17.5. The van der Waals surface area contributed by atoms with Gasteiger partial charge in [0.15, 0.2) is 0 Å². The maximum absolute atomic E-state index is 11.6. The zero-order chi connectivity index (χ0) is 20.3. The number of nitrogens with one attached hydrogen (secondary N) is 1. The summed E-state index contributed by atoms with van der Waals surface area (Å²) in [5.41, 5.74) is 0. The standard InChI is InChI=1S/C22H43NO4/c1-3-5-6-7-8-9-10-11-12-13-14-15-16-17-21(26)19(18-24)23-22(27)20(25)4-2/h16-17,19-21,24-26H,3-15,18H2,1-2H3,(H,23,27)/b17-16+/t19-,20?,21+/m0/s1. The second-order valence-corrected chi connectivity index (χ2v) is 7.46. The fourth-order valence-electron chi connectivity index (χ4n) is 3.00. The average Bonchev–Trinajstić information content (AvgIpc) is 2.68. The predicted octanol–water partition coefficient (Wildman–Crippen LogP) is 3.85. The molecule has 0 aliphatic heterocycles. The van der Waals surface area contributed by atoms with E-state index in [1.807, 2.05) is 6.08 Å². The van der Waals surface area contributed by atoms with Crippen LogP contribution < -0.4 is 5.32 Å². The summed E-state index contributed by atoms with van der Waals surface area (Å²) >= 11 is 0. The number of hydrogen-bond acceptors (Lipinski definition) is 4. The Kier molecular flexibility index (Phi) is 17.8. The largest absolute Gasteiger partial charge is 0.394 e. The van der Waals surface area contributed by atoms with E-state index < -0.39 is 24.2 Å². The van der Waals surface area contributed by atoms with Crippen molar-refractivity contribution < 1.29 is 20.1 Å². The van der Waals surface area contributed by atoms with E-state index >= 15 is 0 Å². The highest BCUT2D eigenvalue weighted by molar-refractivity contribution is 5.80. The number of carbonyl (C=O) groups is 1. The molecule has 0 bridgehead atoms. The van der Waals surface area contributed by atoms with E-state index in [4.69, 9.17) is 0 Å². The molecule has 1 amide bonds. The number of hydrogen-bond donors (Lipinski definition) is 4. The van der Waals surface area contributed by atoms with E-state index in [2.05, 4.69) is 12.2 Å². The summed E-state index contributed by atoms with van der Waals surface area (Å²) in [6.45, 7) is 3.58. The molecule has 5 heteroatoms. The summed E-state index contributed by atoms with van der Waals surface area (Å²) in [4.78, 5) is 11.6. The highest BCUT2D eigenvalue weighted by Crippen LogP contribution is 2.12. The molecule has 0 aliphatic rings. The van der Waals surface area contributed by atoms with E-state index in [0.717, 1.165) is 12.8 Å². The lowest BCUT2D eigenvalue weighted by Gasteiger charge is -2.21. The van der Waals surface area contributed by atoms with E-state index in [1.165, 1.54) is 64.2 Å². The van der Waals surface area contributed by atoms with Gasteiger partial charge in [-0.05, 0) is 19.3 Å². The minimum atomic E-state index is -1.11. The Balaban J connectivity index is 3.69. The molecule has 0 saturated carbocycles. The molecule has 0 aromatic carbocycles. The van der Waals surface area contributed by atoms with E-state index in [-0.39, 0.29) is 6.61 Å². The second kappa shape index (κ2) is 18.5. The van der Waals surface area contributed by atoms with Crippen LogP contribution in [-0.4, -0.2) is 46.1 Å². The summed E-state index contributed by atoms with van der Waals surface area (Å²) in [6.07, 6.45) is 17.0. The number of rotatable bonds is 18. The van der Waals surface area contributed by atoms with Crippen LogP contribution in [0.4, 0.5) is 0 Å². The van der Waals surface area contributed by atoms with Gasteiger partial charge in [-0.15, -0.1) is 0 Å². The lowest BCUT2D eigenvalue weighted by atomic mass is 10.0. The molecule has 0 aromatic heterocycles. The van der Waals surface area contributed by atoms with Crippen LogP contribution in [0.15, 0.2) is 12.2 Å². The van der Waals surface area contributed by atoms with E-state index in [0.29, 0.717) is 6.42 Å². The van der Waals surface area contributed by atoms with Crippen molar-refractivity contribution in [3.63, 3.8) is 0 Å². The first-order valence-electron chi connectivity index (χ1n) is 11.0. The number of amides is 1. The highest BCUT2D eigenvalue weighted by atomic mass is 16.3. The van der Waals surface area contributed by atoms with Gasteiger partial charge in [0.1, 0.15) is 6.10 Å². The molecule has 1 unspecified atom stereocenters. The Morgan fingerprint density at radius 1 is 0.889 bits per heavy atom. The molecule has 0 radical (unpaired) electrons. The van der Waals surface area contributed by atoms with Crippen LogP contribution in [-0.2, 0) is 4.79 Å². The van der Waals surface area contributed by atoms with Crippen molar-refractivity contribution in [2.45, 2.75) is 116 Å². The number of aliphatic hydroxyl groups is 3. The van der Waals surface area contributed by atoms with Crippen LogP contribution in [0.2, 0.25) is 0 Å². The Morgan fingerprint density at radius 3 is 1.89 bits per heavy atom. The summed E-state index contributed by atoms with van der Waals surface area (Å²) in [5.74, 6) is -0.561. The Hall–Kier alpha value is -0.910. The third-order valence-electron chi connectivity index (χ3n) is 4.93. The topological polar surface area (TPSA) is 89.8 Å². The maximum Gasteiger partial charge on any atom is 0.249 e. The molecule has 0 aromatic rings. The molecule has 160 valence electrons. The number of unbranched alkanes of at least 4 members (excludes halogenated alkanes) is 11. The lowest BCUT2D eigenvalue weighted by Crippen LogP contribution is -2.48. The van der Waals surface area contributed by atoms with Gasteiger partial charge in [-0.3, -0.25) is 4.79 Å². The van der Waals surface area contributed by atoms with Crippen LogP contribution in [0.5, 0.6) is 0 Å². The lowest BCUT2D eigenvalue weighted by molar-refractivity contribution is -0.131. The zero-order valence-electron chi connectivity index (χ0n) is 17.5. The molecule has 0 heterocycles. The monoisotopic (exact) mass is 385 g/mol. The van der Waals surface area contributed by atoms with Crippen molar-refractivity contribution in [3.8, 4) is 0 Å². The highest BCUT2D eigenvalue weighted by Gasteiger charge is 2.21. The first-order chi connectivity index (χ1) is 13.1. The van der Waals surface area contributed by atoms with Crippen molar-refractivity contribution in [1.29, 1.82) is 0 Å². The maximum atomic E-state index is 11.6. The van der Waals surface area contributed by atoms with Crippen molar-refractivity contribution in [2.24, 2.45) is 0 Å². The quantitative estimate of drug-likeness (QED) is 0.213. The van der Waals surface area contributed by atoms with Gasteiger partial charge in [0.2, 0.25) is 5.91 Å². The average molecular weight is 386 g/mol. The molecule has 0 fully saturated rings. The molecular weight excluding hydrogens is 342 g/mol. The smallest absolute Gasteiger partial charge is 0.249 e. The molecule has 0 saturated heterocycles. The van der Waals surface area contributed by atoms with Gasteiger partial charge in [-0.2, -0.15) is 0 Å². The SMILES string of the molecule is CCCCCCCCCCCCC/C=C/[C@@H](O)[C@H](CO)NC(=O)C(O)CC. The van der Waals surface area contributed by atoms with Crippen molar-refractivity contribution in [1.82, 2.24) is 5.32 Å². The minimum Gasteiger partial charge on any atom is -0.394 e. The summed E-state index contributed by atoms with van der Waals surface area (Å²) in [7, 11) is 0. The van der Waals surface area contributed by atoms with Crippen molar-refractivity contribution in [3.05, 3.63) is 12.2 Å². The molecule has 0 rings (SSSR count). The van der Waals surface area contributed by atoms with Crippen LogP contribution in [0.25, 0.3) is 0 Å². The van der Waals surface area contributed by atoms with Crippen LogP contribution in [0.1, 0.15) is 97.3 Å². The van der Waals surface area contributed by atoms with E-state index in [1.54, 1.807) is 13.0 Å². The first kappa shape index (κ1) is 26.1. The van der Waals surface area contributed by atoms with Crippen molar-refractivity contribution >= 4 is 5.91 Å². The molecule has 0 aliphatic carbocycles. The number of aliphatic hydroxyl groups excluding tert-OH is 3. The van der Waals surface area contributed by atoms with Gasteiger partial charge < -0.3 is 20.6 Å². The van der Waals surface area contributed by atoms with Gasteiger partial charge >= 0.3 is 0 Å². The molecule has 4 N–H and O–H groups in total. The predicted molar refractivity (Wildman–Crippen MR) is 112 cm³/mol. The van der Waals surface area contributed by atoms with Crippen molar-refractivity contribution in [2.75, 3.05) is 6.61 Å². The number of carbonyl (C=O) groups excluding carboxylic acids is 1. The minimum absolute atomic E-state index is 0.300. The van der Waals surface area contributed by atoms with Gasteiger partial charge in [-0.1, -0.05) is 90.2 Å². The Labute approximate surface area is 166 Å². The van der Waals surface area contributed by atoms with Crippen LogP contribution >= 0.6 is 0 Å². The molecule has 5 nitrogen and oxygen atoms in total. The normalized spacial score (nSPS) is 15.0. The molecular formula is C22H43NO4. The Morgan fingerprint density at radius 2 is 1.41 bits per heavy atom. The molecule has 27 heavy (non-hydrogen) atoms. The molecule has 0 spiro atoms. The summed E-state index contributed by atoms with van der Waals surface area (Å²) in [5, 5.41) is 31.3. The fraction of sp³-hybridized carbons (Fsp3) is 0.864. The summed E-state index contributed by atoms with van der Waals surface area (Å²) < 4.78 is 0. The third kappa shape index (κ3) is 14.8. The van der Waals surface area contributed by atoms with Crippen LogP contribution in [0, 0.1) is 0 Å². The second-order valence-electron chi connectivity index (χ2n) is 7.46. The molecule has 3 atom stereocenters. The third-order valence-corrected chi connectivity index (χ3v) is 4.93.